The number of carbonyl (C=O) groups is 1. The molecule has 1 aliphatic rings. The quantitative estimate of drug-likeness (QED) is 0.0158. The number of carbonyl (C=O) groups excluding carboxylic acids is 1. The molecule has 1 fully saturated rings. The van der Waals surface area contributed by atoms with Crippen LogP contribution >= 0.6 is 7.82 Å². The number of nitrogens with one attached hydrogen (secondary N) is 1. The summed E-state index contributed by atoms with van der Waals surface area (Å²) in [5, 5.41) is 74.8. The van der Waals surface area contributed by atoms with E-state index in [1.165, 1.54) is 179 Å². The van der Waals surface area contributed by atoms with Gasteiger partial charge in [-0.1, -0.05) is 237 Å². The van der Waals surface area contributed by atoms with Crippen LogP contribution in [0.5, 0.6) is 0 Å². The molecule has 402 valence electrons. The average Bonchev–Trinajstić information content (AvgIpc) is 3.31. The lowest BCUT2D eigenvalue weighted by molar-refractivity contribution is -0.220. The Kier molecular flexibility index (Phi) is 41.3. The van der Waals surface area contributed by atoms with E-state index in [1.807, 2.05) is 0 Å². The number of aliphatic hydroxyl groups is 7. The summed E-state index contributed by atoms with van der Waals surface area (Å²) in [6.45, 7) is 3.77. The predicted molar refractivity (Wildman–Crippen MR) is 275 cm³/mol. The maximum atomic E-state index is 13.1. The molecule has 1 rings (SSSR count). The van der Waals surface area contributed by atoms with Crippen LogP contribution in [-0.4, -0.2) is 108 Å². The second kappa shape index (κ2) is 43.4. The summed E-state index contributed by atoms with van der Waals surface area (Å²) in [7, 11) is -5.15. The fourth-order valence-electron chi connectivity index (χ4n) is 9.02. The number of unbranched alkanes of at least 4 members (excludes halogenated alkanes) is 32. The van der Waals surface area contributed by atoms with Gasteiger partial charge in [0.25, 0.3) is 0 Å². The molecule has 0 spiro atoms. The van der Waals surface area contributed by atoms with Gasteiger partial charge in [0.05, 0.1) is 31.3 Å². The minimum Gasteiger partial charge on any atom is -0.393 e. The van der Waals surface area contributed by atoms with Crippen molar-refractivity contribution in [2.75, 3.05) is 6.61 Å². The average molecular weight is 990 g/mol. The van der Waals surface area contributed by atoms with Gasteiger partial charge in [-0.15, -0.1) is 0 Å². The zero-order chi connectivity index (χ0) is 50.1. The van der Waals surface area contributed by atoms with Crippen molar-refractivity contribution in [2.45, 2.75) is 306 Å². The lowest BCUT2D eigenvalue weighted by Gasteiger charge is -2.41. The van der Waals surface area contributed by atoms with E-state index >= 15 is 0 Å². The first-order valence-electron chi connectivity index (χ1n) is 27.9. The molecule has 1 amide bonds. The van der Waals surface area contributed by atoms with Crippen LogP contribution in [0.2, 0.25) is 0 Å². The smallest absolute Gasteiger partial charge is 0.393 e. The molecule has 0 aliphatic heterocycles. The van der Waals surface area contributed by atoms with E-state index in [9.17, 15) is 50.0 Å². The standard InChI is InChI=1S/C54H104NO12P/c1-3-5-7-9-11-13-15-17-19-21-22-23-24-26-27-29-31-33-35-37-39-41-45(56)43-48(58)55-46(44-66-68(64,65)67-54-52(62)50(60)49(59)51(61)53(54)63)47(57)42-40-38-36-34-32-30-28-25-20-18-16-14-12-10-8-6-4-2/h32,34,40,42,45-47,49-54,56-57,59-63H,3-31,33,35-39,41,43-44H2,1-2H3,(H,55,58)(H,64,65)/b34-32+,42-40+. The molecule has 0 bridgehead atoms. The third-order valence-electron chi connectivity index (χ3n) is 13.5. The highest BCUT2D eigenvalue weighted by Crippen LogP contribution is 2.47. The Hall–Kier alpha value is -1.22. The number of hydrogen-bond acceptors (Lipinski definition) is 11. The van der Waals surface area contributed by atoms with E-state index < -0.39 is 75.2 Å². The van der Waals surface area contributed by atoms with Crippen LogP contribution in [0.15, 0.2) is 24.3 Å². The van der Waals surface area contributed by atoms with Crippen molar-refractivity contribution in [1.82, 2.24) is 5.32 Å². The highest BCUT2D eigenvalue weighted by Gasteiger charge is 2.51. The van der Waals surface area contributed by atoms with Crippen molar-refractivity contribution in [1.29, 1.82) is 0 Å². The van der Waals surface area contributed by atoms with E-state index in [-0.39, 0.29) is 6.42 Å². The molecule has 0 radical (unpaired) electrons. The molecule has 0 aromatic heterocycles. The van der Waals surface area contributed by atoms with Crippen molar-refractivity contribution in [3.8, 4) is 0 Å². The second-order valence-corrected chi connectivity index (χ2v) is 21.4. The highest BCUT2D eigenvalue weighted by atomic mass is 31.2. The first kappa shape index (κ1) is 64.8. The Balaban J connectivity index is 2.43. The van der Waals surface area contributed by atoms with Crippen LogP contribution in [0.4, 0.5) is 0 Å². The third kappa shape index (κ3) is 34.2. The topological polar surface area (TPSA) is 226 Å². The van der Waals surface area contributed by atoms with Gasteiger partial charge < -0.3 is 46.0 Å². The number of amides is 1. The SMILES string of the molecule is CCCCCCCCCCCCC/C=C/CC/C=C/C(O)C(COP(=O)(O)OC1C(O)C(O)C(O)C(O)C1O)NC(=O)CC(O)CCCCCCCCCCCCCCCCCCCCCCC. The minimum absolute atomic E-state index is 0.248. The Morgan fingerprint density at radius 3 is 1.29 bits per heavy atom. The van der Waals surface area contributed by atoms with Gasteiger partial charge in [-0.2, -0.15) is 0 Å². The molecule has 9 N–H and O–H groups in total. The van der Waals surface area contributed by atoms with E-state index in [2.05, 4.69) is 31.3 Å². The lowest BCUT2D eigenvalue weighted by atomic mass is 9.85. The lowest BCUT2D eigenvalue weighted by Crippen LogP contribution is -2.64. The number of rotatable bonds is 47. The van der Waals surface area contributed by atoms with Gasteiger partial charge in [-0.25, -0.2) is 4.57 Å². The summed E-state index contributed by atoms with van der Waals surface area (Å²) in [6.07, 6.45) is 36.9. The Labute approximate surface area is 414 Å². The molecule has 0 saturated heterocycles. The molecule has 68 heavy (non-hydrogen) atoms. The van der Waals surface area contributed by atoms with Crippen LogP contribution in [0, 0.1) is 0 Å². The first-order chi connectivity index (χ1) is 32.8. The maximum absolute atomic E-state index is 13.1. The summed E-state index contributed by atoms with van der Waals surface area (Å²) >= 11 is 0. The molecule has 8 atom stereocenters. The van der Waals surface area contributed by atoms with Crippen molar-refractivity contribution in [3.63, 3.8) is 0 Å². The van der Waals surface area contributed by atoms with E-state index in [0.29, 0.717) is 12.8 Å². The van der Waals surface area contributed by atoms with E-state index in [1.54, 1.807) is 6.08 Å². The molecule has 0 aromatic rings. The summed E-state index contributed by atoms with van der Waals surface area (Å²) in [5.74, 6) is -0.598. The fraction of sp³-hybridized carbons (Fsp3) is 0.907. The maximum Gasteiger partial charge on any atom is 0.472 e. The van der Waals surface area contributed by atoms with Gasteiger partial charge in [0.1, 0.15) is 36.6 Å². The normalized spacial score (nSPS) is 22.2. The molecule has 8 unspecified atom stereocenters. The van der Waals surface area contributed by atoms with Gasteiger partial charge in [0.15, 0.2) is 0 Å². The zero-order valence-electron chi connectivity index (χ0n) is 43.0. The van der Waals surface area contributed by atoms with Crippen LogP contribution < -0.4 is 5.32 Å². The number of hydrogen-bond donors (Lipinski definition) is 9. The van der Waals surface area contributed by atoms with Crippen molar-refractivity contribution < 1.29 is 59.0 Å². The molecule has 1 aliphatic carbocycles. The van der Waals surface area contributed by atoms with Gasteiger partial charge in [0, 0.05) is 0 Å². The largest absolute Gasteiger partial charge is 0.472 e. The first-order valence-corrected chi connectivity index (χ1v) is 29.4. The van der Waals surface area contributed by atoms with Crippen LogP contribution in [0.25, 0.3) is 0 Å². The number of allylic oxidation sites excluding steroid dienone is 3. The summed E-state index contributed by atoms with van der Waals surface area (Å²) in [4.78, 5) is 23.5. The van der Waals surface area contributed by atoms with Crippen molar-refractivity contribution in [2.24, 2.45) is 0 Å². The fourth-order valence-corrected chi connectivity index (χ4v) is 9.99. The summed E-state index contributed by atoms with van der Waals surface area (Å²) in [6, 6.07) is -1.25. The number of phosphoric ester groups is 1. The molecule has 0 aromatic carbocycles. The van der Waals surface area contributed by atoms with E-state index in [0.717, 1.165) is 44.9 Å². The monoisotopic (exact) mass is 990 g/mol. The highest BCUT2D eigenvalue weighted by molar-refractivity contribution is 7.47. The van der Waals surface area contributed by atoms with Crippen LogP contribution in [0.1, 0.15) is 251 Å². The van der Waals surface area contributed by atoms with Crippen LogP contribution in [0.3, 0.4) is 0 Å². The zero-order valence-corrected chi connectivity index (χ0v) is 43.9. The molecule has 1 saturated carbocycles. The summed E-state index contributed by atoms with van der Waals surface area (Å²) in [5.41, 5.74) is 0. The Morgan fingerprint density at radius 1 is 0.515 bits per heavy atom. The third-order valence-corrected chi connectivity index (χ3v) is 14.5. The van der Waals surface area contributed by atoms with Crippen molar-refractivity contribution >= 4 is 13.7 Å². The Bertz CT molecular complexity index is 1260. The molecule has 14 heteroatoms. The number of phosphoric acid groups is 1. The molecular weight excluding hydrogens is 886 g/mol. The van der Waals surface area contributed by atoms with Gasteiger partial charge in [0.2, 0.25) is 5.91 Å². The minimum atomic E-state index is -5.15. The Morgan fingerprint density at radius 2 is 0.868 bits per heavy atom. The molecule has 13 nitrogen and oxygen atoms in total. The van der Waals surface area contributed by atoms with Gasteiger partial charge in [-0.05, 0) is 32.1 Å². The second-order valence-electron chi connectivity index (χ2n) is 20.0. The molecular formula is C54H104NO12P. The van der Waals surface area contributed by atoms with Gasteiger partial charge in [-0.3, -0.25) is 13.8 Å². The summed E-state index contributed by atoms with van der Waals surface area (Å²) < 4.78 is 23.0. The van der Waals surface area contributed by atoms with Gasteiger partial charge >= 0.3 is 7.82 Å². The number of aliphatic hydroxyl groups excluding tert-OH is 7. The predicted octanol–water partition coefficient (Wildman–Crippen LogP) is 11.1. The van der Waals surface area contributed by atoms with Crippen molar-refractivity contribution in [3.05, 3.63) is 24.3 Å². The van der Waals surface area contributed by atoms with Crippen LogP contribution in [-0.2, 0) is 18.4 Å². The van der Waals surface area contributed by atoms with E-state index in [4.69, 9.17) is 9.05 Å². The molecule has 0 heterocycles.